The SMILES string of the molecule is CCC(CC)NC(=O)C(C)N(CC)CCC(=O)OC. The van der Waals surface area contributed by atoms with E-state index in [9.17, 15) is 9.59 Å². The molecule has 19 heavy (non-hydrogen) atoms. The van der Waals surface area contributed by atoms with Gasteiger partial charge >= 0.3 is 5.97 Å². The summed E-state index contributed by atoms with van der Waals surface area (Å²) < 4.78 is 4.62. The van der Waals surface area contributed by atoms with Crippen LogP contribution in [-0.2, 0) is 14.3 Å². The highest BCUT2D eigenvalue weighted by Crippen LogP contribution is 2.04. The summed E-state index contributed by atoms with van der Waals surface area (Å²) >= 11 is 0. The van der Waals surface area contributed by atoms with Crippen LogP contribution in [0.3, 0.4) is 0 Å². The molecular formula is C14H28N2O3. The highest BCUT2D eigenvalue weighted by molar-refractivity contribution is 5.81. The Bertz CT molecular complexity index is 278. The van der Waals surface area contributed by atoms with Gasteiger partial charge < -0.3 is 10.1 Å². The highest BCUT2D eigenvalue weighted by Gasteiger charge is 2.22. The summed E-state index contributed by atoms with van der Waals surface area (Å²) in [6.45, 7) is 9.26. The van der Waals surface area contributed by atoms with Gasteiger partial charge in [-0.3, -0.25) is 14.5 Å². The topological polar surface area (TPSA) is 58.6 Å². The van der Waals surface area contributed by atoms with Crippen molar-refractivity contribution in [1.29, 1.82) is 0 Å². The van der Waals surface area contributed by atoms with Crippen LogP contribution in [0.1, 0.15) is 47.0 Å². The van der Waals surface area contributed by atoms with Crippen molar-refractivity contribution < 1.29 is 14.3 Å². The summed E-state index contributed by atoms with van der Waals surface area (Å²) in [5, 5.41) is 3.04. The first kappa shape index (κ1) is 17.9. The summed E-state index contributed by atoms with van der Waals surface area (Å²) in [5.74, 6) is -0.216. The molecule has 5 heteroatoms. The molecule has 0 spiro atoms. The summed E-state index contributed by atoms with van der Waals surface area (Å²) in [6.07, 6.45) is 2.18. The number of ether oxygens (including phenoxy) is 1. The van der Waals surface area contributed by atoms with E-state index in [2.05, 4.69) is 23.9 Å². The van der Waals surface area contributed by atoms with Gasteiger partial charge in [-0.15, -0.1) is 0 Å². The molecule has 0 aromatic rings. The van der Waals surface area contributed by atoms with Gasteiger partial charge in [-0.25, -0.2) is 0 Å². The van der Waals surface area contributed by atoms with Crippen LogP contribution in [0.2, 0.25) is 0 Å². The fourth-order valence-electron chi connectivity index (χ4n) is 1.94. The lowest BCUT2D eigenvalue weighted by Crippen LogP contribution is -2.48. The summed E-state index contributed by atoms with van der Waals surface area (Å²) in [6, 6.07) is 0.00418. The zero-order valence-electron chi connectivity index (χ0n) is 12.9. The summed E-state index contributed by atoms with van der Waals surface area (Å²) in [7, 11) is 1.38. The van der Waals surface area contributed by atoms with Crippen molar-refractivity contribution in [2.45, 2.75) is 59.0 Å². The van der Waals surface area contributed by atoms with Crippen LogP contribution in [0.5, 0.6) is 0 Å². The lowest BCUT2D eigenvalue weighted by atomic mass is 10.1. The molecule has 1 amide bonds. The standard InChI is InChI=1S/C14H28N2O3/c1-6-12(7-2)15-14(18)11(4)16(8-3)10-9-13(17)19-5/h11-12H,6-10H2,1-5H3,(H,15,18). The Hall–Kier alpha value is -1.10. The minimum Gasteiger partial charge on any atom is -0.469 e. The quantitative estimate of drug-likeness (QED) is 0.647. The van der Waals surface area contributed by atoms with Crippen molar-refractivity contribution in [3.63, 3.8) is 0 Å². The van der Waals surface area contributed by atoms with E-state index in [0.29, 0.717) is 13.0 Å². The number of hydrogen-bond donors (Lipinski definition) is 1. The number of carbonyl (C=O) groups is 2. The van der Waals surface area contributed by atoms with Crippen molar-refractivity contribution in [1.82, 2.24) is 10.2 Å². The second-order valence-electron chi connectivity index (χ2n) is 4.65. The van der Waals surface area contributed by atoms with E-state index in [-0.39, 0.29) is 24.0 Å². The van der Waals surface area contributed by atoms with E-state index in [4.69, 9.17) is 0 Å². The average Bonchev–Trinajstić information content (AvgIpc) is 2.44. The van der Waals surface area contributed by atoms with Crippen LogP contribution >= 0.6 is 0 Å². The van der Waals surface area contributed by atoms with E-state index in [1.54, 1.807) is 0 Å². The molecular weight excluding hydrogens is 244 g/mol. The van der Waals surface area contributed by atoms with E-state index in [1.807, 2.05) is 18.7 Å². The second kappa shape index (κ2) is 9.78. The normalized spacial score (nSPS) is 12.6. The summed E-state index contributed by atoms with van der Waals surface area (Å²) in [4.78, 5) is 25.2. The fourth-order valence-corrected chi connectivity index (χ4v) is 1.94. The number of nitrogens with one attached hydrogen (secondary N) is 1. The minimum atomic E-state index is -0.244. The van der Waals surface area contributed by atoms with Gasteiger partial charge in [0.1, 0.15) is 0 Å². The molecule has 0 aliphatic rings. The fraction of sp³-hybridized carbons (Fsp3) is 0.857. The van der Waals surface area contributed by atoms with Gasteiger partial charge in [-0.2, -0.15) is 0 Å². The van der Waals surface area contributed by atoms with Gasteiger partial charge in [0.25, 0.3) is 0 Å². The van der Waals surface area contributed by atoms with Crippen molar-refractivity contribution in [3.05, 3.63) is 0 Å². The van der Waals surface area contributed by atoms with E-state index in [0.717, 1.165) is 19.4 Å². The first-order chi connectivity index (χ1) is 8.99. The van der Waals surface area contributed by atoms with Crippen LogP contribution in [0.25, 0.3) is 0 Å². The number of nitrogens with zero attached hydrogens (tertiary/aromatic N) is 1. The minimum absolute atomic E-state index is 0.0282. The van der Waals surface area contributed by atoms with Gasteiger partial charge in [-0.05, 0) is 26.3 Å². The monoisotopic (exact) mass is 272 g/mol. The van der Waals surface area contributed by atoms with Gasteiger partial charge in [0.05, 0.1) is 19.6 Å². The zero-order valence-corrected chi connectivity index (χ0v) is 12.9. The number of esters is 1. The number of hydrogen-bond acceptors (Lipinski definition) is 4. The molecule has 1 N–H and O–H groups in total. The Labute approximate surface area is 116 Å². The maximum atomic E-state index is 12.1. The van der Waals surface area contributed by atoms with Gasteiger partial charge in [-0.1, -0.05) is 20.8 Å². The largest absolute Gasteiger partial charge is 0.469 e. The van der Waals surface area contributed by atoms with Crippen molar-refractivity contribution in [2.75, 3.05) is 20.2 Å². The number of likely N-dealkylation sites (N-methyl/N-ethyl adjacent to an activating group) is 1. The maximum Gasteiger partial charge on any atom is 0.306 e. The molecule has 0 fully saturated rings. The third-order valence-electron chi connectivity index (χ3n) is 3.50. The molecule has 1 atom stereocenters. The number of amides is 1. The Balaban J connectivity index is 4.35. The van der Waals surface area contributed by atoms with Crippen molar-refractivity contribution >= 4 is 11.9 Å². The molecule has 0 aliphatic carbocycles. The molecule has 1 unspecified atom stereocenters. The van der Waals surface area contributed by atoms with Crippen molar-refractivity contribution in [2.24, 2.45) is 0 Å². The van der Waals surface area contributed by atoms with E-state index in [1.165, 1.54) is 7.11 Å². The van der Waals surface area contributed by atoms with Crippen LogP contribution < -0.4 is 5.32 Å². The third-order valence-corrected chi connectivity index (χ3v) is 3.50. The molecule has 0 aliphatic heterocycles. The predicted molar refractivity (Wildman–Crippen MR) is 75.9 cm³/mol. The van der Waals surface area contributed by atoms with Crippen LogP contribution in [-0.4, -0.2) is 49.1 Å². The number of carbonyl (C=O) groups excluding carboxylic acids is 2. The molecule has 0 radical (unpaired) electrons. The molecule has 0 bridgehead atoms. The Kier molecular flexibility index (Phi) is 9.21. The van der Waals surface area contributed by atoms with Crippen LogP contribution in [0.4, 0.5) is 0 Å². The predicted octanol–water partition coefficient (Wildman–Crippen LogP) is 1.56. The molecule has 0 saturated heterocycles. The molecule has 0 aromatic carbocycles. The third kappa shape index (κ3) is 6.57. The van der Waals surface area contributed by atoms with Gasteiger partial charge in [0.15, 0.2) is 0 Å². The molecule has 0 heterocycles. The van der Waals surface area contributed by atoms with Crippen molar-refractivity contribution in [3.8, 4) is 0 Å². The van der Waals surface area contributed by atoms with Gasteiger partial charge in [0, 0.05) is 12.6 Å². The first-order valence-electron chi connectivity index (χ1n) is 7.11. The maximum absolute atomic E-state index is 12.1. The first-order valence-corrected chi connectivity index (χ1v) is 7.11. The van der Waals surface area contributed by atoms with E-state index < -0.39 is 0 Å². The van der Waals surface area contributed by atoms with E-state index >= 15 is 0 Å². The number of methoxy groups -OCH3 is 1. The van der Waals surface area contributed by atoms with Gasteiger partial charge in [0.2, 0.25) is 5.91 Å². The van der Waals surface area contributed by atoms with Crippen LogP contribution in [0, 0.1) is 0 Å². The Morgan fingerprint density at radius 3 is 2.21 bits per heavy atom. The Morgan fingerprint density at radius 1 is 1.21 bits per heavy atom. The second-order valence-corrected chi connectivity index (χ2v) is 4.65. The molecule has 0 saturated carbocycles. The molecule has 112 valence electrons. The molecule has 0 rings (SSSR count). The molecule has 5 nitrogen and oxygen atoms in total. The molecule has 0 aromatic heterocycles. The summed E-state index contributed by atoms with van der Waals surface area (Å²) in [5.41, 5.74) is 0. The highest BCUT2D eigenvalue weighted by atomic mass is 16.5. The number of rotatable bonds is 9. The Morgan fingerprint density at radius 2 is 1.79 bits per heavy atom. The van der Waals surface area contributed by atoms with Crippen LogP contribution in [0.15, 0.2) is 0 Å². The smallest absolute Gasteiger partial charge is 0.306 e. The lowest BCUT2D eigenvalue weighted by Gasteiger charge is -2.28. The zero-order chi connectivity index (χ0) is 14.8. The lowest BCUT2D eigenvalue weighted by molar-refractivity contribution is -0.141. The average molecular weight is 272 g/mol.